The fraction of sp³-hybridized carbons (Fsp3) is 0.667. The molecule has 0 bridgehead atoms. The highest BCUT2D eigenvalue weighted by Gasteiger charge is 2.36. The molecule has 0 spiro atoms. The fourth-order valence-corrected chi connectivity index (χ4v) is 4.66. The van der Waals surface area contributed by atoms with E-state index < -0.39 is 0 Å². The van der Waals surface area contributed by atoms with Gasteiger partial charge in [0.1, 0.15) is 0 Å². The van der Waals surface area contributed by atoms with Gasteiger partial charge >= 0.3 is 0 Å². The highest BCUT2D eigenvalue weighted by Crippen LogP contribution is 2.31. The summed E-state index contributed by atoms with van der Waals surface area (Å²) in [4.78, 5) is 21.6. The Morgan fingerprint density at radius 1 is 1.10 bits per heavy atom. The normalized spacial score (nSPS) is 23.1. The lowest BCUT2D eigenvalue weighted by atomic mass is 9.83. The average molecular weight is 414 g/mol. The molecule has 166 valence electrons. The molecule has 6 heteroatoms. The van der Waals surface area contributed by atoms with E-state index in [1.165, 1.54) is 31.4 Å². The van der Waals surface area contributed by atoms with Crippen molar-refractivity contribution in [2.45, 2.75) is 52.6 Å². The molecule has 3 rings (SSSR count). The van der Waals surface area contributed by atoms with Crippen LogP contribution in [0.15, 0.2) is 35.3 Å². The maximum absolute atomic E-state index is 12.0. The Morgan fingerprint density at radius 3 is 2.53 bits per heavy atom. The molecule has 2 atom stereocenters. The molecule has 0 aromatic heterocycles. The summed E-state index contributed by atoms with van der Waals surface area (Å²) in [6.45, 7) is 11.5. The maximum Gasteiger partial charge on any atom is 0.225 e. The van der Waals surface area contributed by atoms with Crippen molar-refractivity contribution in [2.24, 2.45) is 16.3 Å². The van der Waals surface area contributed by atoms with Gasteiger partial charge < -0.3 is 15.5 Å². The molecule has 2 heterocycles. The van der Waals surface area contributed by atoms with E-state index in [1.54, 1.807) is 0 Å². The molecular formula is C24H39N5O. The van der Waals surface area contributed by atoms with E-state index in [4.69, 9.17) is 0 Å². The van der Waals surface area contributed by atoms with Gasteiger partial charge in [-0.05, 0) is 37.3 Å². The van der Waals surface area contributed by atoms with E-state index in [9.17, 15) is 4.79 Å². The van der Waals surface area contributed by atoms with Crippen molar-refractivity contribution < 1.29 is 4.79 Å². The van der Waals surface area contributed by atoms with Gasteiger partial charge in [0, 0.05) is 51.2 Å². The van der Waals surface area contributed by atoms with Gasteiger partial charge in [-0.2, -0.15) is 0 Å². The van der Waals surface area contributed by atoms with Crippen molar-refractivity contribution in [3.8, 4) is 0 Å². The first kappa shape index (κ1) is 22.6. The van der Waals surface area contributed by atoms with Gasteiger partial charge in [0.15, 0.2) is 5.96 Å². The number of aliphatic imine (C=N–C) groups is 1. The fourth-order valence-electron chi connectivity index (χ4n) is 4.66. The zero-order chi connectivity index (χ0) is 21.6. The third-order valence-electron chi connectivity index (χ3n) is 6.30. The van der Waals surface area contributed by atoms with E-state index in [0.717, 1.165) is 25.6 Å². The van der Waals surface area contributed by atoms with Crippen LogP contribution in [0.4, 0.5) is 0 Å². The predicted molar refractivity (Wildman–Crippen MR) is 123 cm³/mol. The summed E-state index contributed by atoms with van der Waals surface area (Å²) in [5.74, 6) is 1.73. The van der Waals surface area contributed by atoms with Gasteiger partial charge in [-0.25, -0.2) is 0 Å². The number of carbonyl (C=O) groups is 1. The van der Waals surface area contributed by atoms with Crippen molar-refractivity contribution >= 4 is 11.9 Å². The number of piperidine rings is 2. The van der Waals surface area contributed by atoms with Gasteiger partial charge in [0.2, 0.25) is 5.91 Å². The molecule has 2 fully saturated rings. The van der Waals surface area contributed by atoms with Crippen molar-refractivity contribution in [2.75, 3.05) is 39.8 Å². The lowest BCUT2D eigenvalue weighted by Crippen LogP contribution is -2.57. The highest BCUT2D eigenvalue weighted by molar-refractivity contribution is 5.82. The van der Waals surface area contributed by atoms with Gasteiger partial charge in [-0.1, -0.05) is 51.1 Å². The Hall–Kier alpha value is -2.08. The summed E-state index contributed by atoms with van der Waals surface area (Å²) in [6, 6.07) is 11.5. The van der Waals surface area contributed by atoms with E-state index >= 15 is 0 Å². The number of rotatable bonds is 5. The number of guanidine groups is 1. The minimum atomic E-state index is -0.351. The molecule has 0 aliphatic carbocycles. The number of hydrogen-bond acceptors (Lipinski definition) is 3. The first-order valence-corrected chi connectivity index (χ1v) is 11.4. The van der Waals surface area contributed by atoms with Crippen LogP contribution in [0.2, 0.25) is 0 Å². The minimum absolute atomic E-state index is 0.0841. The lowest BCUT2D eigenvalue weighted by molar-refractivity contribution is -0.128. The molecular weight excluding hydrogens is 374 g/mol. The van der Waals surface area contributed by atoms with E-state index in [-0.39, 0.29) is 11.3 Å². The predicted octanol–water partition coefficient (Wildman–Crippen LogP) is 2.71. The van der Waals surface area contributed by atoms with Gasteiger partial charge in [0.25, 0.3) is 0 Å². The molecule has 0 saturated carbocycles. The van der Waals surface area contributed by atoms with Crippen molar-refractivity contribution in [1.29, 1.82) is 0 Å². The van der Waals surface area contributed by atoms with E-state index in [0.29, 0.717) is 25.0 Å². The van der Waals surface area contributed by atoms with Crippen LogP contribution in [0.3, 0.4) is 0 Å². The van der Waals surface area contributed by atoms with Crippen LogP contribution in [-0.4, -0.2) is 67.5 Å². The molecule has 0 radical (unpaired) electrons. The molecule has 1 aromatic carbocycles. The van der Waals surface area contributed by atoms with Crippen LogP contribution >= 0.6 is 0 Å². The first-order chi connectivity index (χ1) is 14.4. The summed E-state index contributed by atoms with van der Waals surface area (Å²) < 4.78 is 0. The summed E-state index contributed by atoms with van der Waals surface area (Å²) in [5.41, 5.74) is 1.06. The Morgan fingerprint density at radius 2 is 1.83 bits per heavy atom. The zero-order valence-electron chi connectivity index (χ0n) is 19.2. The second-order valence-corrected chi connectivity index (χ2v) is 9.64. The topological polar surface area (TPSA) is 60.0 Å². The number of nitrogens with zero attached hydrogens (tertiary/aromatic N) is 3. The molecule has 1 amide bonds. The zero-order valence-corrected chi connectivity index (χ0v) is 19.2. The third-order valence-corrected chi connectivity index (χ3v) is 6.30. The first-order valence-electron chi connectivity index (χ1n) is 11.4. The standard InChI is InChI=1S/C24H39N5O/c1-24(2,3)22(30)26-13-14-27-23(25-4)29-16-12-21-20(18-29)11-8-15-28(21)17-19-9-6-5-7-10-19/h5-7,9-10,20-21H,8,11-18H2,1-4H3,(H,25,27)(H,26,30). The van der Waals surface area contributed by atoms with Crippen LogP contribution in [-0.2, 0) is 11.3 Å². The van der Waals surface area contributed by atoms with Crippen LogP contribution in [0.5, 0.6) is 0 Å². The van der Waals surface area contributed by atoms with E-state index in [1.807, 2.05) is 27.8 Å². The maximum atomic E-state index is 12.0. The molecule has 30 heavy (non-hydrogen) atoms. The summed E-state index contributed by atoms with van der Waals surface area (Å²) in [6.07, 6.45) is 3.75. The van der Waals surface area contributed by atoms with Crippen molar-refractivity contribution in [3.05, 3.63) is 35.9 Å². The highest BCUT2D eigenvalue weighted by atomic mass is 16.2. The number of carbonyl (C=O) groups excluding carboxylic acids is 1. The van der Waals surface area contributed by atoms with Crippen LogP contribution in [0, 0.1) is 11.3 Å². The Kier molecular flexibility index (Phi) is 7.75. The van der Waals surface area contributed by atoms with Crippen LogP contribution in [0.25, 0.3) is 0 Å². The Labute approximate surface area is 182 Å². The quantitative estimate of drug-likeness (QED) is 0.443. The number of amides is 1. The minimum Gasteiger partial charge on any atom is -0.354 e. The molecule has 1 aromatic rings. The molecule has 6 nitrogen and oxygen atoms in total. The largest absolute Gasteiger partial charge is 0.354 e. The molecule has 2 saturated heterocycles. The molecule has 2 N–H and O–H groups in total. The summed E-state index contributed by atoms with van der Waals surface area (Å²) in [7, 11) is 1.85. The van der Waals surface area contributed by atoms with Gasteiger partial charge in [0.05, 0.1) is 0 Å². The third kappa shape index (κ3) is 5.97. The lowest BCUT2D eigenvalue weighted by Gasteiger charge is -2.48. The average Bonchev–Trinajstić information content (AvgIpc) is 2.73. The summed E-state index contributed by atoms with van der Waals surface area (Å²) in [5, 5.41) is 6.44. The number of likely N-dealkylation sites (tertiary alicyclic amines) is 2. The van der Waals surface area contributed by atoms with Gasteiger partial charge in [-0.3, -0.25) is 14.7 Å². The number of nitrogens with one attached hydrogen (secondary N) is 2. The van der Waals surface area contributed by atoms with Crippen LogP contribution in [0.1, 0.15) is 45.6 Å². The second-order valence-electron chi connectivity index (χ2n) is 9.64. The number of hydrogen-bond donors (Lipinski definition) is 2. The monoisotopic (exact) mass is 413 g/mol. The number of fused-ring (bicyclic) bond motifs is 1. The van der Waals surface area contributed by atoms with Gasteiger partial charge in [-0.15, -0.1) is 0 Å². The van der Waals surface area contributed by atoms with Crippen LogP contribution < -0.4 is 10.6 Å². The second kappa shape index (κ2) is 10.3. The van der Waals surface area contributed by atoms with E-state index in [2.05, 4.69) is 55.8 Å². The van der Waals surface area contributed by atoms with Crippen molar-refractivity contribution in [3.63, 3.8) is 0 Å². The Bertz CT molecular complexity index is 712. The SMILES string of the molecule is CN=C(NCCNC(=O)C(C)(C)C)N1CCC2C(CCCN2Cc2ccccc2)C1. The molecule has 2 aliphatic heterocycles. The van der Waals surface area contributed by atoms with Crippen molar-refractivity contribution in [1.82, 2.24) is 20.4 Å². The summed E-state index contributed by atoms with van der Waals surface area (Å²) >= 11 is 0. The Balaban J connectivity index is 1.49. The molecule has 2 aliphatic rings. The molecule has 2 unspecified atom stereocenters. The smallest absolute Gasteiger partial charge is 0.225 e. The number of benzene rings is 1.